The number of rotatable bonds is 5. The van der Waals surface area contributed by atoms with Crippen LogP contribution in [0, 0.1) is 11.2 Å². The van der Waals surface area contributed by atoms with Gasteiger partial charge in [-0.25, -0.2) is 4.39 Å². The van der Waals surface area contributed by atoms with E-state index in [9.17, 15) is 4.39 Å². The standard InChI is InChI=1S/C17H23FN4S/c1-17(2,3)15(12-22-10-4-9-20-22)21-16(23)19-11-13-5-7-14(18)8-6-13/h4-10,15H,11-12H2,1-3H3,(H2,19,21,23). The highest BCUT2D eigenvalue weighted by molar-refractivity contribution is 7.80. The minimum absolute atomic E-state index is 0.0214. The minimum Gasteiger partial charge on any atom is -0.359 e. The van der Waals surface area contributed by atoms with E-state index in [2.05, 4.69) is 36.5 Å². The fourth-order valence-electron chi connectivity index (χ4n) is 2.13. The predicted molar refractivity (Wildman–Crippen MR) is 94.4 cm³/mol. The van der Waals surface area contributed by atoms with Gasteiger partial charge in [-0.2, -0.15) is 5.10 Å². The fourth-order valence-corrected chi connectivity index (χ4v) is 2.34. The summed E-state index contributed by atoms with van der Waals surface area (Å²) in [6, 6.07) is 8.43. The molecule has 0 spiro atoms. The van der Waals surface area contributed by atoms with Gasteiger partial charge in [-0.1, -0.05) is 32.9 Å². The van der Waals surface area contributed by atoms with Gasteiger partial charge in [-0.05, 0) is 41.4 Å². The second kappa shape index (κ2) is 7.55. The number of hydrogen-bond acceptors (Lipinski definition) is 2. The summed E-state index contributed by atoms with van der Waals surface area (Å²) in [4.78, 5) is 0. The second-order valence-electron chi connectivity index (χ2n) is 6.60. The SMILES string of the molecule is CC(C)(C)C(Cn1cccn1)NC(=S)NCc1ccc(F)cc1. The van der Waals surface area contributed by atoms with Gasteiger partial charge in [-0.3, -0.25) is 4.68 Å². The van der Waals surface area contributed by atoms with Crippen molar-refractivity contribution in [3.8, 4) is 0 Å². The van der Waals surface area contributed by atoms with Gasteiger partial charge in [0.1, 0.15) is 5.82 Å². The maximum Gasteiger partial charge on any atom is 0.166 e. The molecular formula is C17H23FN4S. The van der Waals surface area contributed by atoms with Crippen LogP contribution >= 0.6 is 12.2 Å². The smallest absolute Gasteiger partial charge is 0.166 e. The second-order valence-corrected chi connectivity index (χ2v) is 7.01. The molecule has 23 heavy (non-hydrogen) atoms. The highest BCUT2D eigenvalue weighted by atomic mass is 32.1. The summed E-state index contributed by atoms with van der Waals surface area (Å²) in [5, 5.41) is 11.4. The average Bonchev–Trinajstić information content (AvgIpc) is 2.98. The normalized spacial score (nSPS) is 12.7. The largest absolute Gasteiger partial charge is 0.359 e. The van der Waals surface area contributed by atoms with Crippen LogP contribution in [0.25, 0.3) is 0 Å². The molecular weight excluding hydrogens is 311 g/mol. The Morgan fingerprint density at radius 2 is 2.00 bits per heavy atom. The quantitative estimate of drug-likeness (QED) is 0.825. The molecule has 1 atom stereocenters. The van der Waals surface area contributed by atoms with Gasteiger partial charge in [0.2, 0.25) is 0 Å². The number of nitrogens with one attached hydrogen (secondary N) is 2. The number of benzene rings is 1. The van der Waals surface area contributed by atoms with E-state index in [-0.39, 0.29) is 17.3 Å². The van der Waals surface area contributed by atoms with Crippen LogP contribution in [0.3, 0.4) is 0 Å². The maximum absolute atomic E-state index is 12.9. The van der Waals surface area contributed by atoms with Crippen molar-refractivity contribution in [3.63, 3.8) is 0 Å². The minimum atomic E-state index is -0.235. The van der Waals surface area contributed by atoms with Crippen molar-refractivity contribution in [2.45, 2.75) is 39.9 Å². The Bertz CT molecular complexity index is 617. The predicted octanol–water partition coefficient (Wildman–Crippen LogP) is 3.10. The third-order valence-corrected chi connectivity index (χ3v) is 3.91. The van der Waals surface area contributed by atoms with Gasteiger partial charge >= 0.3 is 0 Å². The Morgan fingerprint density at radius 3 is 2.57 bits per heavy atom. The van der Waals surface area contributed by atoms with Crippen LogP contribution in [0.2, 0.25) is 0 Å². The summed E-state index contributed by atoms with van der Waals surface area (Å²) in [6.07, 6.45) is 3.71. The first kappa shape index (κ1) is 17.4. The lowest BCUT2D eigenvalue weighted by molar-refractivity contribution is 0.260. The van der Waals surface area contributed by atoms with Crippen LogP contribution < -0.4 is 10.6 Å². The van der Waals surface area contributed by atoms with Crippen molar-refractivity contribution >= 4 is 17.3 Å². The summed E-state index contributed by atoms with van der Waals surface area (Å²) in [5.74, 6) is -0.235. The molecule has 1 aromatic heterocycles. The molecule has 0 amide bonds. The van der Waals surface area contributed by atoms with E-state index in [1.165, 1.54) is 12.1 Å². The van der Waals surface area contributed by atoms with E-state index in [1.807, 2.05) is 16.9 Å². The van der Waals surface area contributed by atoms with Crippen molar-refractivity contribution in [2.24, 2.45) is 5.41 Å². The van der Waals surface area contributed by atoms with E-state index in [1.54, 1.807) is 18.3 Å². The van der Waals surface area contributed by atoms with Crippen LogP contribution in [0.15, 0.2) is 42.7 Å². The Morgan fingerprint density at radius 1 is 1.30 bits per heavy atom. The van der Waals surface area contributed by atoms with Crippen molar-refractivity contribution < 1.29 is 4.39 Å². The topological polar surface area (TPSA) is 41.9 Å². The summed E-state index contributed by atoms with van der Waals surface area (Å²) < 4.78 is 14.8. The van der Waals surface area contributed by atoms with E-state index in [4.69, 9.17) is 12.2 Å². The molecule has 0 fully saturated rings. The molecule has 4 nitrogen and oxygen atoms in total. The third kappa shape index (κ3) is 5.63. The Hall–Kier alpha value is -1.95. The van der Waals surface area contributed by atoms with Crippen LogP contribution in [-0.4, -0.2) is 20.9 Å². The molecule has 2 rings (SSSR count). The number of thiocarbonyl (C=S) groups is 1. The maximum atomic E-state index is 12.9. The molecule has 2 aromatic rings. The molecule has 0 aliphatic carbocycles. The first-order chi connectivity index (χ1) is 10.8. The van der Waals surface area contributed by atoms with Crippen LogP contribution in [0.4, 0.5) is 4.39 Å². The molecule has 1 aromatic carbocycles. The molecule has 1 heterocycles. The van der Waals surface area contributed by atoms with Crippen molar-refractivity contribution in [1.29, 1.82) is 0 Å². The number of aromatic nitrogens is 2. The summed E-state index contributed by atoms with van der Waals surface area (Å²) in [6.45, 7) is 7.78. The van der Waals surface area contributed by atoms with Crippen LogP contribution in [0.5, 0.6) is 0 Å². The summed E-state index contributed by atoms with van der Waals surface area (Å²) in [7, 11) is 0. The lowest BCUT2D eigenvalue weighted by Gasteiger charge is -2.32. The van der Waals surface area contributed by atoms with E-state index in [0.717, 1.165) is 12.1 Å². The zero-order valence-electron chi connectivity index (χ0n) is 13.7. The van der Waals surface area contributed by atoms with Crippen LogP contribution in [0.1, 0.15) is 26.3 Å². The molecule has 0 bridgehead atoms. The first-order valence-corrected chi connectivity index (χ1v) is 8.01. The van der Waals surface area contributed by atoms with Crippen LogP contribution in [-0.2, 0) is 13.1 Å². The van der Waals surface area contributed by atoms with E-state index < -0.39 is 0 Å². The summed E-state index contributed by atoms with van der Waals surface area (Å²) in [5.41, 5.74) is 1.00. The van der Waals surface area contributed by atoms with E-state index >= 15 is 0 Å². The van der Waals surface area contributed by atoms with Gasteiger partial charge in [0.25, 0.3) is 0 Å². The lowest BCUT2D eigenvalue weighted by atomic mass is 9.87. The third-order valence-electron chi connectivity index (χ3n) is 3.65. The van der Waals surface area contributed by atoms with Gasteiger partial charge in [-0.15, -0.1) is 0 Å². The zero-order chi connectivity index (χ0) is 16.9. The molecule has 0 saturated carbocycles. The Kier molecular flexibility index (Phi) is 5.71. The lowest BCUT2D eigenvalue weighted by Crippen LogP contribution is -2.49. The molecule has 0 aliphatic heterocycles. The van der Waals surface area contributed by atoms with Crippen molar-refractivity contribution in [1.82, 2.24) is 20.4 Å². The monoisotopic (exact) mass is 334 g/mol. The number of hydrogen-bond donors (Lipinski definition) is 2. The molecule has 0 radical (unpaired) electrons. The van der Waals surface area contributed by atoms with E-state index in [0.29, 0.717) is 11.7 Å². The Labute approximate surface area is 142 Å². The number of halogens is 1. The molecule has 0 saturated heterocycles. The Balaban J connectivity index is 1.90. The first-order valence-electron chi connectivity index (χ1n) is 7.61. The van der Waals surface area contributed by atoms with Gasteiger partial charge < -0.3 is 10.6 Å². The van der Waals surface area contributed by atoms with Gasteiger partial charge in [0.15, 0.2) is 5.11 Å². The number of nitrogens with zero attached hydrogens (tertiary/aromatic N) is 2. The average molecular weight is 334 g/mol. The highest BCUT2D eigenvalue weighted by Crippen LogP contribution is 2.20. The van der Waals surface area contributed by atoms with Gasteiger partial charge in [0.05, 0.1) is 12.6 Å². The fraction of sp³-hybridized carbons (Fsp3) is 0.412. The molecule has 124 valence electrons. The highest BCUT2D eigenvalue weighted by Gasteiger charge is 2.25. The molecule has 6 heteroatoms. The summed E-state index contributed by atoms with van der Waals surface area (Å²) >= 11 is 5.39. The molecule has 1 unspecified atom stereocenters. The zero-order valence-corrected chi connectivity index (χ0v) is 14.5. The van der Waals surface area contributed by atoms with Gasteiger partial charge in [0, 0.05) is 18.9 Å². The molecule has 2 N–H and O–H groups in total. The van der Waals surface area contributed by atoms with Crippen molar-refractivity contribution in [2.75, 3.05) is 0 Å². The molecule has 0 aliphatic rings. The van der Waals surface area contributed by atoms with Crippen molar-refractivity contribution in [3.05, 3.63) is 54.1 Å².